The summed E-state index contributed by atoms with van der Waals surface area (Å²) in [4.78, 5) is 13.5. The molecule has 4 aromatic rings. The van der Waals surface area contributed by atoms with E-state index in [2.05, 4.69) is 0 Å². The molecular weight excluding hydrogens is 470 g/mol. The van der Waals surface area contributed by atoms with E-state index in [0.717, 1.165) is 22.0 Å². The first-order valence-corrected chi connectivity index (χ1v) is 13.5. The molecule has 1 N–H and O–H groups in total. The quantitative estimate of drug-likeness (QED) is 0.214. The number of sulfonamides is 1. The number of fused-ring (bicyclic) bond motifs is 1. The summed E-state index contributed by atoms with van der Waals surface area (Å²) in [6.07, 6.45) is 3.42. The molecule has 0 aliphatic carbocycles. The van der Waals surface area contributed by atoms with Gasteiger partial charge in [-0.1, -0.05) is 49.4 Å². The van der Waals surface area contributed by atoms with Crippen LogP contribution in [0.5, 0.6) is 0 Å². The van der Waals surface area contributed by atoms with Gasteiger partial charge in [0.2, 0.25) is 0 Å². The largest absolute Gasteiger partial charge is 0.350 e. The predicted octanol–water partition coefficient (Wildman–Crippen LogP) is 5.99. The highest BCUT2D eigenvalue weighted by Gasteiger charge is 2.25. The lowest BCUT2D eigenvalue weighted by molar-refractivity contribution is 0.0984. The fourth-order valence-corrected chi connectivity index (χ4v) is 5.95. The van der Waals surface area contributed by atoms with E-state index in [1.165, 1.54) is 4.31 Å². The Morgan fingerprint density at radius 1 is 1.00 bits per heavy atom. The van der Waals surface area contributed by atoms with E-state index in [-0.39, 0.29) is 10.7 Å². The van der Waals surface area contributed by atoms with Crippen LogP contribution in [0.2, 0.25) is 0 Å². The molecule has 0 unspecified atom stereocenters. The fourth-order valence-electron chi connectivity index (χ4n) is 4.38. The van der Waals surface area contributed by atoms with Crippen molar-refractivity contribution in [3.63, 3.8) is 0 Å². The van der Waals surface area contributed by atoms with Crippen LogP contribution in [0.15, 0.2) is 83.9 Å². The summed E-state index contributed by atoms with van der Waals surface area (Å²) in [5, 5.41) is 8.48. The van der Waals surface area contributed by atoms with Crippen LogP contribution < -0.4 is 4.31 Å². The van der Waals surface area contributed by atoms with E-state index in [1.807, 2.05) is 61.1 Å². The van der Waals surface area contributed by atoms with Gasteiger partial charge in [0.1, 0.15) is 0 Å². The number of carbonyl (C=O) groups excluding carboxylic acids is 1. The topological polar surface area (TPSA) is 83.2 Å². The van der Waals surface area contributed by atoms with E-state index in [4.69, 9.17) is 5.41 Å². The number of ketones is 1. The van der Waals surface area contributed by atoms with E-state index < -0.39 is 10.0 Å². The number of aromatic nitrogens is 1. The molecule has 0 radical (unpaired) electrons. The van der Waals surface area contributed by atoms with Gasteiger partial charge in [0.05, 0.1) is 10.6 Å². The molecule has 6 nitrogen and oxygen atoms in total. The molecule has 0 fully saturated rings. The van der Waals surface area contributed by atoms with E-state index in [1.54, 1.807) is 43.3 Å². The predicted molar refractivity (Wildman–Crippen MR) is 146 cm³/mol. The maximum atomic E-state index is 13.4. The summed E-state index contributed by atoms with van der Waals surface area (Å²) < 4.78 is 30.2. The second kappa shape index (κ2) is 10.5. The minimum Gasteiger partial charge on any atom is -0.350 e. The standard InChI is InChI=1S/C29H31N3O3S/c1-4-18-32(36(34,35)25-8-6-5-7-9-25)24-15-16-28-26(19-24)27(20-31(28)3)29(33)17-12-22-10-13-23(14-11-22)21(2)30/h5-11,13-16,19-20,30H,4,12,17-18H2,1-3H3. The summed E-state index contributed by atoms with van der Waals surface area (Å²) in [6.45, 7) is 4.03. The van der Waals surface area contributed by atoms with E-state index in [9.17, 15) is 13.2 Å². The Kier molecular flexibility index (Phi) is 7.40. The van der Waals surface area contributed by atoms with E-state index >= 15 is 0 Å². The van der Waals surface area contributed by atoms with Crippen molar-refractivity contribution in [3.05, 3.63) is 95.7 Å². The minimum atomic E-state index is -3.74. The monoisotopic (exact) mass is 501 g/mol. The van der Waals surface area contributed by atoms with Gasteiger partial charge >= 0.3 is 0 Å². The molecule has 0 spiro atoms. The highest BCUT2D eigenvalue weighted by Crippen LogP contribution is 2.30. The van der Waals surface area contributed by atoms with Gasteiger partial charge in [-0.25, -0.2) is 8.42 Å². The molecule has 1 aromatic heterocycles. The molecule has 7 heteroatoms. The van der Waals surface area contributed by atoms with Gasteiger partial charge in [0.15, 0.2) is 5.78 Å². The molecule has 4 rings (SSSR count). The SMILES string of the molecule is CCCN(c1ccc2c(c1)c(C(=O)CCc1ccc(C(C)=N)cc1)cn2C)S(=O)(=O)c1ccccc1. The van der Waals surface area contributed by atoms with Crippen molar-refractivity contribution in [1.29, 1.82) is 5.41 Å². The Morgan fingerprint density at radius 3 is 2.33 bits per heavy atom. The van der Waals surface area contributed by atoms with Crippen LogP contribution in [0, 0.1) is 5.41 Å². The van der Waals surface area contributed by atoms with Crippen molar-refractivity contribution >= 4 is 38.1 Å². The summed E-state index contributed by atoms with van der Waals surface area (Å²) >= 11 is 0. The van der Waals surface area contributed by atoms with Gasteiger partial charge < -0.3 is 9.98 Å². The average Bonchev–Trinajstić information content (AvgIpc) is 3.22. The highest BCUT2D eigenvalue weighted by molar-refractivity contribution is 7.92. The first-order valence-electron chi connectivity index (χ1n) is 12.1. The molecule has 0 saturated heterocycles. The Hall–Kier alpha value is -3.71. The zero-order valence-electron chi connectivity index (χ0n) is 20.9. The molecule has 0 bridgehead atoms. The number of aryl methyl sites for hydroxylation is 2. The third-order valence-corrected chi connectivity index (χ3v) is 8.19. The molecule has 0 atom stereocenters. The average molecular weight is 502 g/mol. The van der Waals surface area contributed by atoms with Crippen molar-refractivity contribution in [2.75, 3.05) is 10.8 Å². The Morgan fingerprint density at radius 2 is 1.69 bits per heavy atom. The van der Waals surface area contributed by atoms with Gasteiger partial charge in [-0.15, -0.1) is 0 Å². The maximum absolute atomic E-state index is 13.4. The van der Waals surface area contributed by atoms with Crippen molar-refractivity contribution < 1.29 is 13.2 Å². The molecule has 36 heavy (non-hydrogen) atoms. The lowest BCUT2D eigenvalue weighted by atomic mass is 10.0. The second-order valence-electron chi connectivity index (χ2n) is 8.99. The molecule has 0 aliphatic rings. The second-order valence-corrected chi connectivity index (χ2v) is 10.9. The number of rotatable bonds is 10. The van der Waals surface area contributed by atoms with Gasteiger partial charge in [-0.3, -0.25) is 9.10 Å². The molecule has 186 valence electrons. The van der Waals surface area contributed by atoms with Crippen LogP contribution in [0.1, 0.15) is 48.2 Å². The minimum absolute atomic E-state index is 0.0121. The van der Waals surface area contributed by atoms with Crippen LogP contribution in [0.3, 0.4) is 0 Å². The first kappa shape index (κ1) is 25.4. The Bertz CT molecular complexity index is 1500. The normalized spacial score (nSPS) is 11.5. The van der Waals surface area contributed by atoms with Crippen LogP contribution in [0.25, 0.3) is 10.9 Å². The lowest BCUT2D eigenvalue weighted by Crippen LogP contribution is -2.31. The third-order valence-electron chi connectivity index (χ3n) is 6.35. The van der Waals surface area contributed by atoms with E-state index in [0.29, 0.717) is 42.8 Å². The molecule has 3 aromatic carbocycles. The summed E-state index contributed by atoms with van der Waals surface area (Å²) in [5.41, 5.74) is 4.43. The summed E-state index contributed by atoms with van der Waals surface area (Å²) in [6, 6.07) is 21.7. The number of hydrogen-bond donors (Lipinski definition) is 1. The van der Waals surface area contributed by atoms with Crippen molar-refractivity contribution in [3.8, 4) is 0 Å². The zero-order chi connectivity index (χ0) is 25.9. The molecule has 0 amide bonds. The Labute approximate surface area is 212 Å². The lowest BCUT2D eigenvalue weighted by Gasteiger charge is -2.24. The number of hydrogen-bond acceptors (Lipinski definition) is 4. The first-order chi connectivity index (χ1) is 17.2. The summed E-state index contributed by atoms with van der Waals surface area (Å²) in [7, 11) is -1.85. The number of carbonyl (C=O) groups is 1. The number of benzene rings is 3. The smallest absolute Gasteiger partial charge is 0.264 e. The van der Waals surface area contributed by atoms with Gasteiger partial charge in [0, 0.05) is 48.4 Å². The number of nitrogens with one attached hydrogen (secondary N) is 1. The summed E-state index contributed by atoms with van der Waals surface area (Å²) in [5.74, 6) is 0.0121. The molecule has 1 heterocycles. The maximum Gasteiger partial charge on any atom is 0.264 e. The van der Waals surface area contributed by atoms with Crippen LogP contribution in [-0.4, -0.2) is 31.0 Å². The van der Waals surface area contributed by atoms with Crippen molar-refractivity contribution in [1.82, 2.24) is 4.57 Å². The highest BCUT2D eigenvalue weighted by atomic mass is 32.2. The Balaban J connectivity index is 1.65. The van der Waals surface area contributed by atoms with Crippen molar-refractivity contribution in [2.45, 2.75) is 38.0 Å². The van der Waals surface area contributed by atoms with Crippen LogP contribution in [-0.2, 0) is 23.5 Å². The van der Waals surface area contributed by atoms with Gasteiger partial charge in [0.25, 0.3) is 10.0 Å². The molecular formula is C29H31N3O3S. The van der Waals surface area contributed by atoms with Crippen molar-refractivity contribution in [2.24, 2.45) is 7.05 Å². The number of nitrogens with zero attached hydrogens (tertiary/aromatic N) is 2. The number of Topliss-reactive ketones (excluding diaryl/α,β-unsaturated/α-hetero) is 1. The fraction of sp³-hybridized carbons (Fsp3) is 0.241. The molecule has 0 saturated carbocycles. The molecule has 0 aliphatic heterocycles. The number of anilines is 1. The van der Waals surface area contributed by atoms with Crippen LogP contribution in [0.4, 0.5) is 5.69 Å². The zero-order valence-corrected chi connectivity index (χ0v) is 21.7. The van der Waals surface area contributed by atoms with Gasteiger partial charge in [-0.05, 0) is 61.2 Å². The van der Waals surface area contributed by atoms with Gasteiger partial charge in [-0.2, -0.15) is 0 Å². The third kappa shape index (κ3) is 5.11. The van der Waals surface area contributed by atoms with Crippen LogP contribution >= 0.6 is 0 Å².